The van der Waals surface area contributed by atoms with Gasteiger partial charge in [0.2, 0.25) is 0 Å². The van der Waals surface area contributed by atoms with Crippen LogP contribution in [0.5, 0.6) is 0 Å². The molecule has 0 spiro atoms. The Hall–Kier alpha value is -0.120. The minimum atomic E-state index is 0.294. The van der Waals surface area contributed by atoms with E-state index in [0.29, 0.717) is 5.54 Å². The van der Waals surface area contributed by atoms with Gasteiger partial charge in [0.25, 0.3) is 0 Å². The summed E-state index contributed by atoms with van der Waals surface area (Å²) >= 11 is 0. The molecule has 0 aromatic carbocycles. The van der Waals surface area contributed by atoms with E-state index < -0.39 is 0 Å². The Morgan fingerprint density at radius 1 is 1.18 bits per heavy atom. The highest BCUT2D eigenvalue weighted by Gasteiger charge is 2.26. The van der Waals surface area contributed by atoms with Crippen molar-refractivity contribution in [2.75, 3.05) is 46.3 Å². The number of hydrogen-bond acceptors (Lipinski definition) is 3. The SMILES string of the molecule is CN1CCC(CN2CCCNC(C)(C)C2)CC1. The third-order valence-electron chi connectivity index (χ3n) is 4.23. The second-order valence-corrected chi connectivity index (χ2v) is 6.65. The first-order chi connectivity index (χ1) is 8.05. The van der Waals surface area contributed by atoms with Gasteiger partial charge in [0.05, 0.1) is 0 Å². The summed E-state index contributed by atoms with van der Waals surface area (Å²) in [6.07, 6.45) is 4.08. The molecule has 17 heavy (non-hydrogen) atoms. The molecule has 2 fully saturated rings. The molecule has 3 heteroatoms. The van der Waals surface area contributed by atoms with E-state index in [1.54, 1.807) is 0 Å². The topological polar surface area (TPSA) is 18.5 Å². The number of likely N-dealkylation sites (tertiary alicyclic amines) is 1. The highest BCUT2D eigenvalue weighted by atomic mass is 15.2. The fourth-order valence-corrected chi connectivity index (χ4v) is 3.19. The standard InChI is InChI=1S/C14H29N3/c1-14(2)12-17(8-4-7-15-14)11-13-5-9-16(3)10-6-13/h13,15H,4-12H2,1-3H3. The Kier molecular flexibility index (Phi) is 4.45. The van der Waals surface area contributed by atoms with Crippen molar-refractivity contribution in [3.63, 3.8) is 0 Å². The molecule has 0 aliphatic carbocycles. The summed E-state index contributed by atoms with van der Waals surface area (Å²) in [5.41, 5.74) is 0.294. The van der Waals surface area contributed by atoms with E-state index in [0.717, 1.165) is 5.92 Å². The van der Waals surface area contributed by atoms with Crippen LogP contribution in [0.25, 0.3) is 0 Å². The minimum absolute atomic E-state index is 0.294. The first-order valence-corrected chi connectivity index (χ1v) is 7.21. The molecule has 3 nitrogen and oxygen atoms in total. The lowest BCUT2D eigenvalue weighted by Crippen LogP contribution is -2.48. The zero-order valence-corrected chi connectivity index (χ0v) is 11.8. The monoisotopic (exact) mass is 239 g/mol. The molecule has 2 rings (SSSR count). The summed E-state index contributed by atoms with van der Waals surface area (Å²) in [5, 5.41) is 3.65. The lowest BCUT2D eigenvalue weighted by Gasteiger charge is -2.35. The average Bonchev–Trinajstić information content (AvgIpc) is 2.43. The summed E-state index contributed by atoms with van der Waals surface area (Å²) in [4.78, 5) is 5.15. The molecule has 100 valence electrons. The van der Waals surface area contributed by atoms with Gasteiger partial charge in [-0.15, -0.1) is 0 Å². The number of piperidine rings is 1. The molecule has 0 unspecified atom stereocenters. The molecule has 0 radical (unpaired) electrons. The van der Waals surface area contributed by atoms with Crippen LogP contribution in [-0.2, 0) is 0 Å². The van der Waals surface area contributed by atoms with Crippen LogP contribution in [0.1, 0.15) is 33.1 Å². The second-order valence-electron chi connectivity index (χ2n) is 6.65. The molecule has 2 aliphatic rings. The summed E-state index contributed by atoms with van der Waals surface area (Å²) in [5.74, 6) is 0.931. The van der Waals surface area contributed by atoms with Gasteiger partial charge in [0.1, 0.15) is 0 Å². The van der Waals surface area contributed by atoms with Gasteiger partial charge in [0.15, 0.2) is 0 Å². The predicted octanol–water partition coefficient (Wildman–Crippen LogP) is 1.40. The zero-order chi connectivity index (χ0) is 12.3. The van der Waals surface area contributed by atoms with Crippen molar-refractivity contribution in [1.82, 2.24) is 15.1 Å². The largest absolute Gasteiger partial charge is 0.310 e. The zero-order valence-electron chi connectivity index (χ0n) is 11.8. The van der Waals surface area contributed by atoms with E-state index in [4.69, 9.17) is 0 Å². The highest BCUT2D eigenvalue weighted by molar-refractivity contribution is 4.86. The van der Waals surface area contributed by atoms with Crippen LogP contribution < -0.4 is 5.32 Å². The third kappa shape index (κ3) is 4.23. The van der Waals surface area contributed by atoms with Gasteiger partial charge in [-0.05, 0) is 72.3 Å². The Morgan fingerprint density at radius 2 is 1.88 bits per heavy atom. The first kappa shape index (κ1) is 13.3. The molecule has 0 aromatic rings. The normalized spacial score (nSPS) is 29.1. The smallest absolute Gasteiger partial charge is 0.0252 e. The van der Waals surface area contributed by atoms with Gasteiger partial charge in [0, 0.05) is 18.6 Å². The molecule has 0 bridgehead atoms. The summed E-state index contributed by atoms with van der Waals surface area (Å²) < 4.78 is 0. The van der Waals surface area contributed by atoms with Gasteiger partial charge >= 0.3 is 0 Å². The number of hydrogen-bond donors (Lipinski definition) is 1. The van der Waals surface area contributed by atoms with Crippen LogP contribution in [0.3, 0.4) is 0 Å². The first-order valence-electron chi connectivity index (χ1n) is 7.21. The fraction of sp³-hybridized carbons (Fsp3) is 1.00. The van der Waals surface area contributed by atoms with Gasteiger partial charge in [-0.3, -0.25) is 0 Å². The van der Waals surface area contributed by atoms with Crippen molar-refractivity contribution >= 4 is 0 Å². The molecule has 2 saturated heterocycles. The van der Waals surface area contributed by atoms with Gasteiger partial charge < -0.3 is 15.1 Å². The Morgan fingerprint density at radius 3 is 2.59 bits per heavy atom. The quantitative estimate of drug-likeness (QED) is 0.786. The van der Waals surface area contributed by atoms with E-state index in [2.05, 4.69) is 36.0 Å². The summed E-state index contributed by atoms with van der Waals surface area (Å²) in [6.45, 7) is 12.2. The van der Waals surface area contributed by atoms with Gasteiger partial charge in [-0.1, -0.05) is 0 Å². The predicted molar refractivity (Wildman–Crippen MR) is 73.4 cm³/mol. The third-order valence-corrected chi connectivity index (χ3v) is 4.23. The van der Waals surface area contributed by atoms with Crippen LogP contribution in [0.15, 0.2) is 0 Å². The van der Waals surface area contributed by atoms with E-state index >= 15 is 0 Å². The van der Waals surface area contributed by atoms with E-state index in [-0.39, 0.29) is 0 Å². The van der Waals surface area contributed by atoms with Crippen molar-refractivity contribution in [3.05, 3.63) is 0 Å². The number of nitrogens with zero attached hydrogens (tertiary/aromatic N) is 2. The number of rotatable bonds is 2. The Labute approximate surface area is 107 Å². The van der Waals surface area contributed by atoms with Crippen LogP contribution in [0.2, 0.25) is 0 Å². The van der Waals surface area contributed by atoms with Crippen LogP contribution in [0, 0.1) is 5.92 Å². The summed E-state index contributed by atoms with van der Waals surface area (Å²) in [6, 6.07) is 0. The molecule has 0 aromatic heterocycles. The molecule has 1 N–H and O–H groups in total. The van der Waals surface area contributed by atoms with Crippen LogP contribution >= 0.6 is 0 Å². The molecule has 2 aliphatic heterocycles. The fourth-order valence-electron chi connectivity index (χ4n) is 3.19. The van der Waals surface area contributed by atoms with Crippen molar-refractivity contribution in [2.45, 2.75) is 38.6 Å². The van der Waals surface area contributed by atoms with Crippen molar-refractivity contribution in [1.29, 1.82) is 0 Å². The lowest BCUT2D eigenvalue weighted by atomic mass is 9.95. The van der Waals surface area contributed by atoms with E-state index in [9.17, 15) is 0 Å². The molecular weight excluding hydrogens is 210 g/mol. The van der Waals surface area contributed by atoms with E-state index in [1.165, 1.54) is 58.5 Å². The van der Waals surface area contributed by atoms with E-state index in [1.807, 2.05) is 0 Å². The maximum Gasteiger partial charge on any atom is 0.0252 e. The Balaban J connectivity index is 1.81. The molecule has 0 amide bonds. The van der Waals surface area contributed by atoms with Crippen LogP contribution in [-0.4, -0.2) is 61.7 Å². The van der Waals surface area contributed by atoms with Crippen molar-refractivity contribution in [3.8, 4) is 0 Å². The maximum atomic E-state index is 3.65. The van der Waals surface area contributed by atoms with Crippen molar-refractivity contribution in [2.24, 2.45) is 5.92 Å². The minimum Gasteiger partial charge on any atom is -0.310 e. The highest BCUT2D eigenvalue weighted by Crippen LogP contribution is 2.19. The molecule has 2 heterocycles. The summed E-state index contributed by atoms with van der Waals surface area (Å²) in [7, 11) is 2.25. The Bertz CT molecular complexity index is 232. The lowest BCUT2D eigenvalue weighted by molar-refractivity contribution is 0.148. The van der Waals surface area contributed by atoms with Crippen molar-refractivity contribution < 1.29 is 0 Å². The maximum absolute atomic E-state index is 3.65. The molecular formula is C14H29N3. The number of nitrogens with one attached hydrogen (secondary N) is 1. The van der Waals surface area contributed by atoms with Gasteiger partial charge in [-0.25, -0.2) is 0 Å². The average molecular weight is 239 g/mol. The van der Waals surface area contributed by atoms with Crippen LogP contribution in [0.4, 0.5) is 0 Å². The van der Waals surface area contributed by atoms with Gasteiger partial charge in [-0.2, -0.15) is 0 Å². The second kappa shape index (κ2) is 5.68. The molecule has 0 saturated carbocycles. The molecule has 0 atom stereocenters.